The third-order valence-corrected chi connectivity index (χ3v) is 4.24. The number of hydrogen-bond donors (Lipinski definition) is 0. The van der Waals surface area contributed by atoms with Crippen LogP contribution in [0.4, 0.5) is 0 Å². The molecule has 1 aliphatic rings. The molecule has 1 atom stereocenters. The first-order valence-corrected chi connectivity index (χ1v) is 7.59. The highest BCUT2D eigenvalue weighted by Gasteiger charge is 2.30. The van der Waals surface area contributed by atoms with E-state index in [4.69, 9.17) is 4.74 Å². The van der Waals surface area contributed by atoms with Crippen molar-refractivity contribution in [3.05, 3.63) is 34.5 Å². The monoisotopic (exact) mass is 304 g/mol. The number of likely N-dealkylation sites (tertiary alicyclic amines) is 1. The first-order valence-electron chi connectivity index (χ1n) is 6.82. The molecule has 21 heavy (non-hydrogen) atoms. The van der Waals surface area contributed by atoms with Gasteiger partial charge in [-0.05, 0) is 31.4 Å². The van der Waals surface area contributed by atoms with Crippen LogP contribution in [0.25, 0.3) is 0 Å². The highest BCUT2D eigenvalue weighted by Crippen LogP contribution is 2.20. The molecule has 7 heteroatoms. The van der Waals surface area contributed by atoms with Gasteiger partial charge < -0.3 is 9.64 Å². The highest BCUT2D eigenvalue weighted by molar-refractivity contribution is 7.07. The van der Waals surface area contributed by atoms with Gasteiger partial charge in [0.05, 0.1) is 12.2 Å². The molecule has 1 unspecified atom stereocenters. The lowest BCUT2D eigenvalue weighted by Crippen LogP contribution is -2.30. The Hall–Kier alpha value is -2.02. The van der Waals surface area contributed by atoms with E-state index in [-0.39, 0.29) is 12.0 Å². The quantitative estimate of drug-likeness (QED) is 0.865. The average molecular weight is 304 g/mol. The fourth-order valence-corrected chi connectivity index (χ4v) is 2.96. The number of amides is 1. The largest absolute Gasteiger partial charge is 0.472 e. The van der Waals surface area contributed by atoms with Crippen LogP contribution >= 0.6 is 11.5 Å². The predicted molar refractivity (Wildman–Crippen MR) is 78.6 cm³/mol. The van der Waals surface area contributed by atoms with Gasteiger partial charge in [-0.3, -0.25) is 4.79 Å². The normalized spacial score (nSPS) is 18.0. The lowest BCUT2D eigenvalue weighted by molar-refractivity contribution is 0.0775. The van der Waals surface area contributed by atoms with Crippen molar-refractivity contribution in [2.45, 2.75) is 26.4 Å². The van der Waals surface area contributed by atoms with E-state index in [0.29, 0.717) is 29.5 Å². The molecule has 0 N–H and O–H groups in total. The number of carbonyl (C=O) groups is 1. The zero-order valence-corrected chi connectivity index (χ0v) is 12.8. The minimum Gasteiger partial charge on any atom is -0.472 e. The van der Waals surface area contributed by atoms with Gasteiger partial charge in [0.15, 0.2) is 0 Å². The Labute approximate surface area is 126 Å². The molecule has 6 nitrogen and oxygen atoms in total. The number of rotatable bonds is 3. The van der Waals surface area contributed by atoms with Crippen molar-refractivity contribution in [3.63, 3.8) is 0 Å². The topological polar surface area (TPSA) is 68.2 Å². The lowest BCUT2D eigenvalue weighted by atomic mass is 10.3. The first kappa shape index (κ1) is 13.9. The van der Waals surface area contributed by atoms with Crippen LogP contribution in [0.15, 0.2) is 18.2 Å². The summed E-state index contributed by atoms with van der Waals surface area (Å²) in [6.45, 7) is 4.99. The molecule has 3 rings (SSSR count). The third-order valence-electron chi connectivity index (χ3n) is 3.43. The Morgan fingerprint density at radius 3 is 3.00 bits per heavy atom. The summed E-state index contributed by atoms with van der Waals surface area (Å²) in [7, 11) is 0. The van der Waals surface area contributed by atoms with Gasteiger partial charge in [0.25, 0.3) is 5.91 Å². The molecule has 0 saturated carbocycles. The maximum atomic E-state index is 12.4. The second kappa shape index (κ2) is 5.77. The van der Waals surface area contributed by atoms with Crippen molar-refractivity contribution >= 4 is 17.4 Å². The van der Waals surface area contributed by atoms with Gasteiger partial charge in [0.1, 0.15) is 11.0 Å². The van der Waals surface area contributed by atoms with E-state index in [9.17, 15) is 4.79 Å². The van der Waals surface area contributed by atoms with Gasteiger partial charge >= 0.3 is 0 Å². The molecule has 0 bridgehead atoms. The van der Waals surface area contributed by atoms with Crippen LogP contribution in [0, 0.1) is 13.8 Å². The SMILES string of the molecule is Cc1cccc(OC2CCN(C(=O)c3snnc3C)C2)n1. The van der Waals surface area contributed by atoms with Crippen LogP contribution in [0.5, 0.6) is 5.88 Å². The molecule has 3 heterocycles. The third kappa shape index (κ3) is 3.02. The molecule has 2 aromatic heterocycles. The van der Waals surface area contributed by atoms with Crippen LogP contribution in [0.3, 0.4) is 0 Å². The average Bonchev–Trinajstić information content (AvgIpc) is 3.07. The van der Waals surface area contributed by atoms with E-state index < -0.39 is 0 Å². The molecule has 1 aliphatic heterocycles. The van der Waals surface area contributed by atoms with E-state index in [0.717, 1.165) is 23.6 Å². The molecular formula is C14H16N4O2S. The molecule has 1 saturated heterocycles. The Balaban J connectivity index is 1.63. The molecular weight excluding hydrogens is 288 g/mol. The summed E-state index contributed by atoms with van der Waals surface area (Å²) in [4.78, 5) is 19.1. The molecule has 0 radical (unpaired) electrons. The summed E-state index contributed by atoms with van der Waals surface area (Å²) in [5, 5.41) is 3.89. The summed E-state index contributed by atoms with van der Waals surface area (Å²) in [6, 6.07) is 5.69. The van der Waals surface area contributed by atoms with E-state index >= 15 is 0 Å². The van der Waals surface area contributed by atoms with E-state index in [2.05, 4.69) is 14.6 Å². The molecule has 1 amide bonds. The Morgan fingerprint density at radius 2 is 2.29 bits per heavy atom. The zero-order chi connectivity index (χ0) is 14.8. The number of pyridine rings is 1. The Bertz CT molecular complexity index is 658. The summed E-state index contributed by atoms with van der Waals surface area (Å²) in [6.07, 6.45) is 0.802. The molecule has 0 spiro atoms. The number of aryl methyl sites for hydroxylation is 2. The molecule has 1 fully saturated rings. The van der Waals surface area contributed by atoms with Gasteiger partial charge in [-0.2, -0.15) is 0 Å². The van der Waals surface area contributed by atoms with Gasteiger partial charge in [-0.25, -0.2) is 4.98 Å². The van der Waals surface area contributed by atoms with Crippen molar-refractivity contribution < 1.29 is 9.53 Å². The maximum Gasteiger partial charge on any atom is 0.267 e. The fourth-order valence-electron chi connectivity index (χ4n) is 2.33. The van der Waals surface area contributed by atoms with Crippen molar-refractivity contribution in [1.82, 2.24) is 19.5 Å². The zero-order valence-electron chi connectivity index (χ0n) is 11.9. The van der Waals surface area contributed by atoms with Crippen LogP contribution in [0.2, 0.25) is 0 Å². The van der Waals surface area contributed by atoms with Crippen molar-refractivity contribution in [3.8, 4) is 5.88 Å². The van der Waals surface area contributed by atoms with Gasteiger partial charge in [0.2, 0.25) is 5.88 Å². The summed E-state index contributed by atoms with van der Waals surface area (Å²) < 4.78 is 9.66. The van der Waals surface area contributed by atoms with Crippen LogP contribution < -0.4 is 4.74 Å². The second-order valence-electron chi connectivity index (χ2n) is 5.08. The van der Waals surface area contributed by atoms with Crippen molar-refractivity contribution in [1.29, 1.82) is 0 Å². The van der Waals surface area contributed by atoms with E-state index in [1.165, 1.54) is 0 Å². The van der Waals surface area contributed by atoms with Gasteiger partial charge in [-0.15, -0.1) is 5.10 Å². The Kier molecular flexibility index (Phi) is 3.83. The Morgan fingerprint density at radius 1 is 1.43 bits per heavy atom. The molecule has 2 aromatic rings. The lowest BCUT2D eigenvalue weighted by Gasteiger charge is -2.16. The maximum absolute atomic E-state index is 12.4. The minimum atomic E-state index is -0.00978. The smallest absolute Gasteiger partial charge is 0.267 e. The van der Waals surface area contributed by atoms with Crippen LogP contribution in [-0.2, 0) is 0 Å². The van der Waals surface area contributed by atoms with Gasteiger partial charge in [0, 0.05) is 24.7 Å². The van der Waals surface area contributed by atoms with Crippen molar-refractivity contribution in [2.75, 3.05) is 13.1 Å². The second-order valence-corrected chi connectivity index (χ2v) is 5.84. The highest BCUT2D eigenvalue weighted by atomic mass is 32.1. The van der Waals surface area contributed by atoms with E-state index in [1.54, 1.807) is 11.8 Å². The first-order chi connectivity index (χ1) is 10.1. The van der Waals surface area contributed by atoms with E-state index in [1.807, 2.05) is 25.1 Å². The van der Waals surface area contributed by atoms with Crippen LogP contribution in [0.1, 0.15) is 27.5 Å². The molecule has 0 aliphatic carbocycles. The minimum absolute atomic E-state index is 0.00852. The number of aromatic nitrogens is 3. The number of nitrogens with zero attached hydrogens (tertiary/aromatic N) is 4. The summed E-state index contributed by atoms with van der Waals surface area (Å²) in [5.74, 6) is 0.607. The van der Waals surface area contributed by atoms with Crippen molar-refractivity contribution in [2.24, 2.45) is 0 Å². The fraction of sp³-hybridized carbons (Fsp3) is 0.429. The summed E-state index contributed by atoms with van der Waals surface area (Å²) in [5.41, 5.74) is 1.61. The van der Waals surface area contributed by atoms with Crippen LogP contribution in [-0.4, -0.2) is 44.6 Å². The molecule has 0 aromatic carbocycles. The standard InChI is InChI=1S/C14H16N4O2S/c1-9-4-3-5-12(15-9)20-11-6-7-18(8-11)14(19)13-10(2)16-17-21-13/h3-5,11H,6-8H2,1-2H3. The summed E-state index contributed by atoms with van der Waals surface area (Å²) >= 11 is 1.15. The molecule has 110 valence electrons. The van der Waals surface area contributed by atoms with Gasteiger partial charge in [-0.1, -0.05) is 10.6 Å². The number of hydrogen-bond acceptors (Lipinski definition) is 6. The number of carbonyl (C=O) groups excluding carboxylic acids is 1. The number of ether oxygens (including phenoxy) is 1. The predicted octanol–water partition coefficient (Wildman–Crippen LogP) is 1.84.